The van der Waals surface area contributed by atoms with Crippen molar-refractivity contribution in [3.8, 4) is 78.7 Å². The van der Waals surface area contributed by atoms with Gasteiger partial charge in [-0.15, -0.1) is 0 Å². The van der Waals surface area contributed by atoms with Gasteiger partial charge in [0.1, 0.15) is 0 Å². The third-order valence-corrected chi connectivity index (χ3v) is 11.3. The molecule has 10 aromatic rings. The summed E-state index contributed by atoms with van der Waals surface area (Å²) in [6, 6.07) is 81.9. The van der Waals surface area contributed by atoms with Gasteiger partial charge < -0.3 is 0 Å². The number of hydrogen-bond donors (Lipinski definition) is 1. The van der Waals surface area contributed by atoms with E-state index in [1.807, 2.05) is 97.1 Å². The number of hydrogen-bond acceptors (Lipinski definition) is 4. The van der Waals surface area contributed by atoms with Crippen molar-refractivity contribution in [1.82, 2.24) is 15.0 Å². The fourth-order valence-electron chi connectivity index (χ4n) is 7.81. The fourth-order valence-corrected chi connectivity index (χ4v) is 7.81. The minimum atomic E-state index is 0.125. The van der Waals surface area contributed by atoms with Crippen molar-refractivity contribution in [2.24, 2.45) is 9.98 Å². The maximum Gasteiger partial charge on any atom is 0.164 e. The Morgan fingerprint density at radius 3 is 1.18 bits per heavy atom. The van der Waals surface area contributed by atoms with E-state index in [2.05, 4.69) is 146 Å². The highest BCUT2D eigenvalue weighted by molar-refractivity contribution is 6.13. The first-order valence-electron chi connectivity index (χ1n) is 21.8. The van der Waals surface area contributed by atoms with Crippen molar-refractivity contribution in [3.63, 3.8) is 0 Å². The number of aromatic nitrogens is 3. The normalized spacial score (nSPS) is 11.4. The van der Waals surface area contributed by atoms with Gasteiger partial charge in [-0.1, -0.05) is 224 Å². The molecule has 0 spiro atoms. The maximum absolute atomic E-state index is 9.09. The largest absolute Gasteiger partial charge is 0.282 e. The van der Waals surface area contributed by atoms with E-state index in [4.69, 9.17) is 30.3 Å². The molecule has 0 aliphatic carbocycles. The van der Waals surface area contributed by atoms with Gasteiger partial charge in [0.2, 0.25) is 0 Å². The Labute approximate surface area is 384 Å². The van der Waals surface area contributed by atoms with E-state index >= 15 is 0 Å². The second kappa shape index (κ2) is 19.2. The first-order chi connectivity index (χ1) is 32.6. The maximum atomic E-state index is 9.09. The third-order valence-electron chi connectivity index (χ3n) is 11.3. The van der Waals surface area contributed by atoms with Crippen LogP contribution in [-0.4, -0.2) is 32.8 Å². The van der Waals surface area contributed by atoms with Gasteiger partial charge in [-0.3, -0.25) is 5.41 Å². The lowest BCUT2D eigenvalue weighted by Gasteiger charge is -2.11. The lowest BCUT2D eigenvalue weighted by molar-refractivity contribution is 1.07. The molecule has 1 N–H and O–H groups in total. The molecule has 0 radical (unpaired) electrons. The van der Waals surface area contributed by atoms with Gasteiger partial charge >= 0.3 is 0 Å². The number of nitrogens with one attached hydrogen (secondary N) is 1. The van der Waals surface area contributed by atoms with Crippen molar-refractivity contribution in [3.05, 3.63) is 259 Å². The van der Waals surface area contributed by atoms with Crippen LogP contribution in [0.5, 0.6) is 0 Å². The molecule has 0 unspecified atom stereocenters. The molecule has 0 fully saturated rings. The lowest BCUT2D eigenvalue weighted by atomic mass is 9.97. The number of amidine groups is 2. The van der Waals surface area contributed by atoms with Crippen LogP contribution >= 0.6 is 0 Å². The SMILES string of the molecule is N=C(N=C(N=Cc1ccccc1)c1ccccc1)c1cccc(-c2cccc(-c3cccc(-c4nc(-c5ccc(-c6ccccc6)cc5)nc(-c5ccc(-c6ccccc6)cc5)n4)c3)c2)c1. The minimum absolute atomic E-state index is 0.125. The molecule has 9 aromatic carbocycles. The van der Waals surface area contributed by atoms with Crippen LogP contribution in [0.25, 0.3) is 78.7 Å². The third kappa shape index (κ3) is 9.49. The van der Waals surface area contributed by atoms with Crippen molar-refractivity contribution < 1.29 is 0 Å². The van der Waals surface area contributed by atoms with Crippen LogP contribution in [0.2, 0.25) is 0 Å². The Hall–Kier alpha value is -9.00. The molecule has 0 saturated heterocycles. The zero-order chi connectivity index (χ0) is 44.5. The molecule has 0 amide bonds. The number of nitrogens with zero attached hydrogens (tertiary/aromatic N) is 5. The highest BCUT2D eigenvalue weighted by Crippen LogP contribution is 2.32. The topological polar surface area (TPSA) is 87.2 Å². The average molecular weight is 847 g/mol. The number of rotatable bonds is 10. The molecular weight excluding hydrogens is 805 g/mol. The van der Waals surface area contributed by atoms with Crippen LogP contribution in [0, 0.1) is 5.41 Å². The van der Waals surface area contributed by atoms with Gasteiger partial charge in [-0.2, -0.15) is 0 Å². The summed E-state index contributed by atoms with van der Waals surface area (Å²) in [7, 11) is 0. The van der Waals surface area contributed by atoms with E-state index in [9.17, 15) is 0 Å². The van der Waals surface area contributed by atoms with Gasteiger partial charge in [-0.25, -0.2) is 24.9 Å². The predicted octanol–water partition coefficient (Wildman–Crippen LogP) is 14.4. The Bertz CT molecular complexity index is 3230. The molecule has 6 heteroatoms. The standard InChI is InChI=1S/C60H42N6/c61-56(63-57(47-22-11-4-12-23-47)62-41-42-16-5-1-6-17-42)54-28-14-26-52(39-54)50-24-13-25-51(38-50)53-27-15-29-55(40-53)60-65-58(48-34-30-45(31-35-48)43-18-7-2-8-19-43)64-59(66-60)49-36-32-46(33-37-49)44-20-9-3-10-21-44/h1-41,61H. The summed E-state index contributed by atoms with van der Waals surface area (Å²) in [5.74, 6) is 2.38. The van der Waals surface area contributed by atoms with Crippen LogP contribution in [0.3, 0.4) is 0 Å². The highest BCUT2D eigenvalue weighted by atomic mass is 15.0. The molecule has 312 valence electrons. The summed E-state index contributed by atoms with van der Waals surface area (Å²) in [5, 5.41) is 9.09. The zero-order valence-electron chi connectivity index (χ0n) is 35.9. The molecular formula is C60H42N6. The smallest absolute Gasteiger partial charge is 0.164 e. The summed E-state index contributed by atoms with van der Waals surface area (Å²) in [4.78, 5) is 24.7. The molecule has 0 saturated carbocycles. The zero-order valence-corrected chi connectivity index (χ0v) is 35.9. The van der Waals surface area contributed by atoms with Crippen molar-refractivity contribution in [2.75, 3.05) is 0 Å². The number of aliphatic imine (C=N–C) groups is 2. The summed E-state index contributed by atoms with van der Waals surface area (Å²) < 4.78 is 0. The van der Waals surface area contributed by atoms with Gasteiger partial charge in [0.05, 0.1) is 0 Å². The predicted molar refractivity (Wildman–Crippen MR) is 272 cm³/mol. The first kappa shape index (κ1) is 41.0. The van der Waals surface area contributed by atoms with Crippen molar-refractivity contribution in [1.29, 1.82) is 5.41 Å². The van der Waals surface area contributed by atoms with Crippen molar-refractivity contribution >= 4 is 17.9 Å². The average Bonchev–Trinajstić information content (AvgIpc) is 3.41. The minimum Gasteiger partial charge on any atom is -0.282 e. The van der Waals surface area contributed by atoms with E-state index in [1.165, 1.54) is 0 Å². The Kier molecular flexibility index (Phi) is 11.9. The molecule has 1 heterocycles. The molecule has 6 nitrogen and oxygen atoms in total. The molecule has 0 atom stereocenters. The first-order valence-corrected chi connectivity index (χ1v) is 21.8. The molecule has 0 aliphatic heterocycles. The monoisotopic (exact) mass is 846 g/mol. The second-order valence-electron chi connectivity index (χ2n) is 15.8. The fraction of sp³-hybridized carbons (Fsp3) is 0. The van der Waals surface area contributed by atoms with Gasteiger partial charge in [0, 0.05) is 34.0 Å². The summed E-state index contributed by atoms with van der Waals surface area (Å²) in [6.07, 6.45) is 1.78. The van der Waals surface area contributed by atoms with E-state index in [1.54, 1.807) is 6.21 Å². The Morgan fingerprint density at radius 2 is 0.667 bits per heavy atom. The van der Waals surface area contributed by atoms with Crippen LogP contribution in [0.1, 0.15) is 16.7 Å². The van der Waals surface area contributed by atoms with E-state index in [0.717, 1.165) is 72.3 Å². The van der Waals surface area contributed by atoms with E-state index in [0.29, 0.717) is 28.9 Å². The van der Waals surface area contributed by atoms with Crippen LogP contribution < -0.4 is 0 Å². The lowest BCUT2D eigenvalue weighted by Crippen LogP contribution is -2.04. The summed E-state index contributed by atoms with van der Waals surface area (Å²) in [5.41, 5.74) is 13.8. The Morgan fingerprint density at radius 1 is 0.318 bits per heavy atom. The molecule has 66 heavy (non-hydrogen) atoms. The number of benzene rings is 9. The molecule has 0 bridgehead atoms. The van der Waals surface area contributed by atoms with Gasteiger partial charge in [0.25, 0.3) is 0 Å². The quantitative estimate of drug-likeness (QED) is 0.110. The summed E-state index contributed by atoms with van der Waals surface area (Å²) in [6.45, 7) is 0. The van der Waals surface area contributed by atoms with Crippen LogP contribution in [0.4, 0.5) is 0 Å². The van der Waals surface area contributed by atoms with E-state index < -0.39 is 0 Å². The van der Waals surface area contributed by atoms with E-state index in [-0.39, 0.29) is 5.84 Å². The van der Waals surface area contributed by atoms with Gasteiger partial charge in [0.15, 0.2) is 29.1 Å². The molecule has 10 rings (SSSR count). The highest BCUT2D eigenvalue weighted by Gasteiger charge is 2.15. The molecule has 0 aliphatic rings. The second-order valence-corrected chi connectivity index (χ2v) is 15.8. The van der Waals surface area contributed by atoms with Crippen molar-refractivity contribution in [2.45, 2.75) is 0 Å². The molecule has 1 aromatic heterocycles. The van der Waals surface area contributed by atoms with Crippen LogP contribution in [-0.2, 0) is 0 Å². The summed E-state index contributed by atoms with van der Waals surface area (Å²) >= 11 is 0. The Balaban J connectivity index is 0.968. The van der Waals surface area contributed by atoms with Crippen LogP contribution in [0.15, 0.2) is 253 Å². The van der Waals surface area contributed by atoms with Gasteiger partial charge in [-0.05, 0) is 68.3 Å².